The summed E-state index contributed by atoms with van der Waals surface area (Å²) >= 11 is 0. The van der Waals surface area contributed by atoms with Crippen molar-refractivity contribution < 1.29 is 19.0 Å². The molecule has 0 saturated carbocycles. The maximum Gasteiger partial charge on any atom is 0.203 e. The van der Waals surface area contributed by atoms with E-state index in [1.165, 1.54) is 0 Å². The van der Waals surface area contributed by atoms with E-state index in [-0.39, 0.29) is 5.78 Å². The number of rotatable bonds is 9. The highest BCUT2D eigenvalue weighted by atomic mass is 16.5. The summed E-state index contributed by atoms with van der Waals surface area (Å²) in [6.45, 7) is 12.8. The van der Waals surface area contributed by atoms with E-state index in [1.807, 2.05) is 27.7 Å². The zero-order valence-corrected chi connectivity index (χ0v) is 13.3. The number of ether oxygens (including phenoxy) is 3. The maximum absolute atomic E-state index is 12.2. The van der Waals surface area contributed by atoms with Crippen LogP contribution in [0.15, 0.2) is 24.3 Å². The molecule has 0 bridgehead atoms. The molecule has 0 N–H and O–H groups in total. The molecule has 0 amide bonds. The monoisotopic (exact) mass is 292 g/mol. The fourth-order valence-electron chi connectivity index (χ4n) is 1.93. The molecule has 0 aliphatic rings. The Labute approximate surface area is 126 Å². The molecular formula is C17H24O4. The average Bonchev–Trinajstić information content (AvgIpc) is 2.41. The third-order valence-corrected chi connectivity index (χ3v) is 2.69. The van der Waals surface area contributed by atoms with Gasteiger partial charge in [-0.25, -0.2) is 0 Å². The summed E-state index contributed by atoms with van der Waals surface area (Å²) in [5.74, 6) is 1.62. The minimum absolute atomic E-state index is 0.00699. The van der Waals surface area contributed by atoms with E-state index < -0.39 is 0 Å². The van der Waals surface area contributed by atoms with Crippen LogP contribution in [0.1, 0.15) is 44.5 Å². The predicted octanol–water partition coefficient (Wildman–Crippen LogP) is 4.03. The second kappa shape index (κ2) is 8.35. The Morgan fingerprint density at radius 3 is 1.86 bits per heavy atom. The number of carbonyl (C=O) groups is 1. The smallest absolute Gasteiger partial charge is 0.203 e. The minimum atomic E-state index is -0.00699. The van der Waals surface area contributed by atoms with Crippen molar-refractivity contribution in [2.75, 3.05) is 19.8 Å². The van der Waals surface area contributed by atoms with E-state index in [4.69, 9.17) is 14.2 Å². The Morgan fingerprint density at radius 2 is 1.48 bits per heavy atom. The van der Waals surface area contributed by atoms with E-state index in [0.717, 1.165) is 5.57 Å². The zero-order chi connectivity index (χ0) is 15.8. The van der Waals surface area contributed by atoms with Crippen molar-refractivity contribution in [1.29, 1.82) is 0 Å². The van der Waals surface area contributed by atoms with Crippen LogP contribution >= 0.6 is 0 Å². The quantitative estimate of drug-likeness (QED) is 0.509. The van der Waals surface area contributed by atoms with Crippen LogP contribution in [0.2, 0.25) is 0 Å². The molecule has 0 saturated heterocycles. The second-order valence-corrected chi connectivity index (χ2v) is 4.66. The topological polar surface area (TPSA) is 44.8 Å². The van der Waals surface area contributed by atoms with E-state index in [0.29, 0.717) is 49.1 Å². The highest BCUT2D eigenvalue weighted by Crippen LogP contribution is 2.39. The molecule has 0 aliphatic carbocycles. The molecule has 4 nitrogen and oxygen atoms in total. The standard InChI is InChI=1S/C17H24O4/c1-6-19-15-10-13(14(18)9-12(4)5)11-16(20-7-2)17(15)21-8-3/h10-11H,4,6-9H2,1-3,5H3. The highest BCUT2D eigenvalue weighted by Gasteiger charge is 2.18. The molecule has 0 spiro atoms. The van der Waals surface area contributed by atoms with Crippen LogP contribution in [0, 0.1) is 0 Å². The first-order valence-corrected chi connectivity index (χ1v) is 7.27. The Morgan fingerprint density at radius 1 is 1.00 bits per heavy atom. The summed E-state index contributed by atoms with van der Waals surface area (Å²) in [7, 11) is 0. The van der Waals surface area contributed by atoms with Gasteiger partial charge in [-0.05, 0) is 39.8 Å². The molecule has 0 atom stereocenters. The molecule has 116 valence electrons. The third-order valence-electron chi connectivity index (χ3n) is 2.69. The van der Waals surface area contributed by atoms with Crippen LogP contribution in [0.3, 0.4) is 0 Å². The average molecular weight is 292 g/mol. The molecule has 1 aromatic carbocycles. The number of benzene rings is 1. The van der Waals surface area contributed by atoms with Crippen molar-refractivity contribution in [2.24, 2.45) is 0 Å². The summed E-state index contributed by atoms with van der Waals surface area (Å²) in [4.78, 5) is 12.2. The molecule has 0 aliphatic heterocycles. The van der Waals surface area contributed by atoms with Gasteiger partial charge in [0.1, 0.15) is 0 Å². The molecular weight excluding hydrogens is 268 g/mol. The van der Waals surface area contributed by atoms with E-state index >= 15 is 0 Å². The lowest BCUT2D eigenvalue weighted by atomic mass is 10.0. The minimum Gasteiger partial charge on any atom is -0.490 e. The van der Waals surface area contributed by atoms with Crippen LogP contribution in [0.4, 0.5) is 0 Å². The molecule has 1 rings (SSSR count). The first kappa shape index (κ1) is 17.1. The van der Waals surface area contributed by atoms with E-state index in [1.54, 1.807) is 12.1 Å². The maximum atomic E-state index is 12.2. The number of Topliss-reactive ketones (excluding diaryl/α,β-unsaturated/α-hetero) is 1. The van der Waals surface area contributed by atoms with Crippen LogP contribution in [0.25, 0.3) is 0 Å². The zero-order valence-electron chi connectivity index (χ0n) is 13.3. The second-order valence-electron chi connectivity index (χ2n) is 4.66. The van der Waals surface area contributed by atoms with Crippen molar-refractivity contribution in [3.63, 3.8) is 0 Å². The van der Waals surface area contributed by atoms with Crippen LogP contribution in [0.5, 0.6) is 17.2 Å². The van der Waals surface area contributed by atoms with Gasteiger partial charge in [-0.2, -0.15) is 0 Å². The van der Waals surface area contributed by atoms with Gasteiger partial charge < -0.3 is 14.2 Å². The third kappa shape index (κ3) is 4.81. The molecule has 0 aromatic heterocycles. The van der Waals surface area contributed by atoms with Crippen molar-refractivity contribution in [2.45, 2.75) is 34.1 Å². The van der Waals surface area contributed by atoms with Gasteiger partial charge in [0.15, 0.2) is 17.3 Å². The summed E-state index contributed by atoms with van der Waals surface area (Å²) in [5, 5.41) is 0. The lowest BCUT2D eigenvalue weighted by molar-refractivity contribution is 0.0992. The van der Waals surface area contributed by atoms with Gasteiger partial charge in [-0.15, -0.1) is 0 Å². The number of carbonyl (C=O) groups excluding carboxylic acids is 1. The first-order chi connectivity index (χ1) is 10.0. The lowest BCUT2D eigenvalue weighted by Crippen LogP contribution is -2.06. The molecule has 0 radical (unpaired) electrons. The van der Waals surface area contributed by atoms with Gasteiger partial charge in [0, 0.05) is 12.0 Å². The molecule has 0 heterocycles. The Kier molecular flexibility index (Phi) is 6.79. The van der Waals surface area contributed by atoms with E-state index in [2.05, 4.69) is 6.58 Å². The number of hydrogen-bond donors (Lipinski definition) is 0. The largest absolute Gasteiger partial charge is 0.490 e. The lowest BCUT2D eigenvalue weighted by Gasteiger charge is -2.16. The summed E-state index contributed by atoms with van der Waals surface area (Å²) in [6.07, 6.45) is 0.311. The summed E-state index contributed by atoms with van der Waals surface area (Å²) in [5.41, 5.74) is 1.37. The SMILES string of the molecule is C=C(C)CC(=O)c1cc(OCC)c(OCC)c(OCC)c1. The molecule has 4 heteroatoms. The van der Waals surface area contributed by atoms with Crippen molar-refractivity contribution in [3.05, 3.63) is 29.8 Å². The van der Waals surface area contributed by atoms with Gasteiger partial charge in [0.05, 0.1) is 19.8 Å². The fourth-order valence-corrected chi connectivity index (χ4v) is 1.93. The number of allylic oxidation sites excluding steroid dienone is 1. The Hall–Kier alpha value is -1.97. The first-order valence-electron chi connectivity index (χ1n) is 7.27. The van der Waals surface area contributed by atoms with Gasteiger partial charge in [0.25, 0.3) is 0 Å². The molecule has 0 unspecified atom stereocenters. The Balaban J connectivity index is 3.27. The Bertz CT molecular complexity index is 479. The van der Waals surface area contributed by atoms with Crippen molar-refractivity contribution in [1.82, 2.24) is 0 Å². The van der Waals surface area contributed by atoms with Crippen molar-refractivity contribution >= 4 is 5.78 Å². The van der Waals surface area contributed by atoms with Gasteiger partial charge in [0.2, 0.25) is 5.75 Å². The van der Waals surface area contributed by atoms with Gasteiger partial charge in [-0.3, -0.25) is 4.79 Å². The van der Waals surface area contributed by atoms with Crippen LogP contribution in [-0.4, -0.2) is 25.6 Å². The van der Waals surface area contributed by atoms with Gasteiger partial charge >= 0.3 is 0 Å². The van der Waals surface area contributed by atoms with Crippen molar-refractivity contribution in [3.8, 4) is 17.2 Å². The molecule has 21 heavy (non-hydrogen) atoms. The van der Waals surface area contributed by atoms with E-state index in [9.17, 15) is 4.79 Å². The van der Waals surface area contributed by atoms with Gasteiger partial charge in [-0.1, -0.05) is 12.2 Å². The highest BCUT2D eigenvalue weighted by molar-refractivity contribution is 5.98. The number of ketones is 1. The number of hydrogen-bond acceptors (Lipinski definition) is 4. The predicted molar refractivity (Wildman–Crippen MR) is 83.7 cm³/mol. The van der Waals surface area contributed by atoms with Crippen LogP contribution < -0.4 is 14.2 Å². The molecule has 1 aromatic rings. The normalized spacial score (nSPS) is 10.1. The van der Waals surface area contributed by atoms with Crippen LogP contribution in [-0.2, 0) is 0 Å². The summed E-state index contributed by atoms with van der Waals surface area (Å²) < 4.78 is 16.8. The summed E-state index contributed by atoms with van der Waals surface area (Å²) in [6, 6.07) is 3.42. The fraction of sp³-hybridized carbons (Fsp3) is 0.471. The molecule has 0 fully saturated rings.